The molecule has 2 rings (SSSR count). The number of nitrogen functional groups attached to an aromatic ring is 1. The molecule has 2 aromatic rings. The number of imidazole rings is 1. The molecule has 2 N–H and O–H groups in total. The van der Waals surface area contributed by atoms with Gasteiger partial charge < -0.3 is 10.3 Å². The molecule has 1 aromatic heterocycles. The van der Waals surface area contributed by atoms with Gasteiger partial charge in [-0.3, -0.25) is 0 Å². The molecule has 0 amide bonds. The molecule has 0 saturated carbocycles. The second-order valence-electron chi connectivity index (χ2n) is 5.03. The van der Waals surface area contributed by atoms with E-state index in [0.717, 1.165) is 35.3 Å². The first-order chi connectivity index (χ1) is 9.19. The molecule has 1 unspecified atom stereocenters. The van der Waals surface area contributed by atoms with Crippen LogP contribution in [0.4, 0.5) is 5.95 Å². The number of hydrogen-bond acceptors (Lipinski definition) is 2. The Morgan fingerprint density at radius 1 is 1.26 bits per heavy atom. The molecule has 104 valence electrons. The summed E-state index contributed by atoms with van der Waals surface area (Å²) in [6.45, 7) is 4.42. The molecule has 0 bridgehead atoms. The van der Waals surface area contributed by atoms with Crippen molar-refractivity contribution >= 4 is 28.6 Å². The van der Waals surface area contributed by atoms with Crippen molar-refractivity contribution in [2.24, 2.45) is 0 Å². The second-order valence-corrected chi connectivity index (χ2v) is 5.44. The van der Waals surface area contributed by atoms with Crippen LogP contribution in [-0.4, -0.2) is 9.55 Å². The Balaban J connectivity index is 2.48. The molecule has 1 aromatic carbocycles. The van der Waals surface area contributed by atoms with Gasteiger partial charge in [-0.2, -0.15) is 0 Å². The lowest BCUT2D eigenvalue weighted by molar-refractivity contribution is 0.430. The van der Waals surface area contributed by atoms with E-state index in [-0.39, 0.29) is 0 Å². The van der Waals surface area contributed by atoms with E-state index in [2.05, 4.69) is 23.4 Å². The zero-order valence-corrected chi connectivity index (χ0v) is 12.5. The monoisotopic (exact) mass is 279 g/mol. The van der Waals surface area contributed by atoms with Gasteiger partial charge in [-0.05, 0) is 25.0 Å². The third kappa shape index (κ3) is 2.86. The maximum atomic E-state index is 6.34. The van der Waals surface area contributed by atoms with E-state index in [9.17, 15) is 0 Å². The third-order valence-electron chi connectivity index (χ3n) is 3.57. The summed E-state index contributed by atoms with van der Waals surface area (Å²) in [5.74, 6) is 0.581. The van der Waals surface area contributed by atoms with Crippen LogP contribution in [0.5, 0.6) is 0 Å². The molecule has 1 atom stereocenters. The minimum absolute atomic E-state index is 0.398. The lowest BCUT2D eigenvalue weighted by Gasteiger charge is -2.20. The van der Waals surface area contributed by atoms with Gasteiger partial charge in [-0.25, -0.2) is 4.98 Å². The molecule has 0 saturated heterocycles. The van der Waals surface area contributed by atoms with Crippen LogP contribution in [0.2, 0.25) is 5.02 Å². The average molecular weight is 280 g/mol. The van der Waals surface area contributed by atoms with Crippen molar-refractivity contribution in [2.45, 2.75) is 52.0 Å². The third-order valence-corrected chi connectivity index (χ3v) is 3.87. The minimum atomic E-state index is 0.398. The Labute approximate surface area is 119 Å². The topological polar surface area (TPSA) is 43.8 Å². The van der Waals surface area contributed by atoms with Gasteiger partial charge in [0, 0.05) is 6.04 Å². The van der Waals surface area contributed by atoms with Crippen LogP contribution in [0, 0.1) is 0 Å². The first-order valence-electron chi connectivity index (χ1n) is 7.11. The molecular weight excluding hydrogens is 258 g/mol. The highest BCUT2D eigenvalue weighted by atomic mass is 35.5. The summed E-state index contributed by atoms with van der Waals surface area (Å²) in [4.78, 5) is 4.44. The number of aromatic nitrogens is 2. The summed E-state index contributed by atoms with van der Waals surface area (Å²) in [6.07, 6.45) is 5.78. The molecule has 0 spiro atoms. The molecule has 1 heterocycles. The minimum Gasteiger partial charge on any atom is -0.369 e. The fourth-order valence-corrected chi connectivity index (χ4v) is 2.93. The van der Waals surface area contributed by atoms with Crippen LogP contribution in [-0.2, 0) is 0 Å². The maximum absolute atomic E-state index is 6.34. The standard InChI is InChI=1S/C15H22ClN3/c1-3-5-8-11(7-4-2)19-14-12(16)9-6-10-13(14)18-15(19)17/h6,9-11H,3-5,7-8H2,1-2H3,(H2,17,18). The lowest BCUT2D eigenvalue weighted by atomic mass is 10.0. The summed E-state index contributed by atoms with van der Waals surface area (Å²) < 4.78 is 2.14. The molecule has 0 aliphatic carbocycles. The van der Waals surface area contributed by atoms with Gasteiger partial charge in [0.25, 0.3) is 0 Å². The summed E-state index contributed by atoms with van der Waals surface area (Å²) >= 11 is 6.34. The molecule has 3 nitrogen and oxygen atoms in total. The number of unbranched alkanes of at least 4 members (excludes halogenated alkanes) is 1. The van der Waals surface area contributed by atoms with Crippen LogP contribution in [0.1, 0.15) is 52.0 Å². The van der Waals surface area contributed by atoms with Crippen LogP contribution in [0.15, 0.2) is 18.2 Å². The molecule has 0 aliphatic rings. The van der Waals surface area contributed by atoms with E-state index >= 15 is 0 Å². The number of anilines is 1. The van der Waals surface area contributed by atoms with E-state index in [1.807, 2.05) is 18.2 Å². The number of halogens is 1. The summed E-state index contributed by atoms with van der Waals surface area (Å²) in [7, 11) is 0. The Hall–Kier alpha value is -1.22. The molecule has 19 heavy (non-hydrogen) atoms. The highest BCUT2D eigenvalue weighted by Gasteiger charge is 2.18. The van der Waals surface area contributed by atoms with E-state index < -0.39 is 0 Å². The number of rotatable bonds is 6. The SMILES string of the molecule is CCCCC(CCC)n1c(N)nc2cccc(Cl)c21. The highest BCUT2D eigenvalue weighted by Crippen LogP contribution is 2.32. The van der Waals surface area contributed by atoms with E-state index in [1.54, 1.807) is 0 Å². The van der Waals surface area contributed by atoms with Crippen molar-refractivity contribution in [3.05, 3.63) is 23.2 Å². The number of nitrogens with zero attached hydrogens (tertiary/aromatic N) is 2. The van der Waals surface area contributed by atoms with Gasteiger partial charge >= 0.3 is 0 Å². The predicted octanol–water partition coefficient (Wildman–Crippen LogP) is 4.80. The van der Waals surface area contributed by atoms with Crippen molar-refractivity contribution in [3.8, 4) is 0 Å². The Morgan fingerprint density at radius 2 is 2.05 bits per heavy atom. The average Bonchev–Trinajstić information content (AvgIpc) is 2.72. The first kappa shape index (κ1) is 14.2. The van der Waals surface area contributed by atoms with Crippen LogP contribution >= 0.6 is 11.6 Å². The molecular formula is C15H22ClN3. The van der Waals surface area contributed by atoms with Crippen molar-refractivity contribution in [1.82, 2.24) is 9.55 Å². The lowest BCUT2D eigenvalue weighted by Crippen LogP contribution is -2.12. The van der Waals surface area contributed by atoms with Gasteiger partial charge in [0.05, 0.1) is 16.1 Å². The van der Waals surface area contributed by atoms with E-state index in [1.165, 1.54) is 12.8 Å². The van der Waals surface area contributed by atoms with Gasteiger partial charge in [-0.1, -0.05) is 50.8 Å². The summed E-state index contributed by atoms with van der Waals surface area (Å²) in [5.41, 5.74) is 7.99. The number of nitrogens with two attached hydrogens (primary N) is 1. The smallest absolute Gasteiger partial charge is 0.201 e. The summed E-state index contributed by atoms with van der Waals surface area (Å²) in [6, 6.07) is 6.19. The quantitative estimate of drug-likeness (QED) is 0.825. The number of para-hydroxylation sites is 1. The molecule has 0 aliphatic heterocycles. The van der Waals surface area contributed by atoms with E-state index in [0.29, 0.717) is 12.0 Å². The number of fused-ring (bicyclic) bond motifs is 1. The molecule has 4 heteroatoms. The highest BCUT2D eigenvalue weighted by molar-refractivity contribution is 6.35. The Bertz CT molecular complexity index is 548. The predicted molar refractivity (Wildman–Crippen MR) is 82.6 cm³/mol. The van der Waals surface area contributed by atoms with Gasteiger partial charge in [0.15, 0.2) is 0 Å². The van der Waals surface area contributed by atoms with Crippen LogP contribution < -0.4 is 5.73 Å². The van der Waals surface area contributed by atoms with Gasteiger partial charge in [-0.15, -0.1) is 0 Å². The molecule has 0 radical (unpaired) electrons. The van der Waals surface area contributed by atoms with Crippen molar-refractivity contribution in [2.75, 3.05) is 5.73 Å². The van der Waals surface area contributed by atoms with E-state index in [4.69, 9.17) is 17.3 Å². The number of hydrogen-bond donors (Lipinski definition) is 1. The Morgan fingerprint density at radius 3 is 2.74 bits per heavy atom. The molecule has 0 fully saturated rings. The fourth-order valence-electron chi connectivity index (χ4n) is 2.67. The van der Waals surface area contributed by atoms with Crippen molar-refractivity contribution in [3.63, 3.8) is 0 Å². The van der Waals surface area contributed by atoms with Crippen LogP contribution in [0.25, 0.3) is 11.0 Å². The largest absolute Gasteiger partial charge is 0.369 e. The van der Waals surface area contributed by atoms with Crippen molar-refractivity contribution < 1.29 is 0 Å². The maximum Gasteiger partial charge on any atom is 0.201 e. The zero-order valence-electron chi connectivity index (χ0n) is 11.7. The van der Waals surface area contributed by atoms with Crippen molar-refractivity contribution in [1.29, 1.82) is 0 Å². The number of benzene rings is 1. The first-order valence-corrected chi connectivity index (χ1v) is 7.48. The normalized spacial score (nSPS) is 13.0. The van der Waals surface area contributed by atoms with Gasteiger partial charge in [0.1, 0.15) is 0 Å². The van der Waals surface area contributed by atoms with Gasteiger partial charge in [0.2, 0.25) is 5.95 Å². The zero-order chi connectivity index (χ0) is 13.8. The second kappa shape index (κ2) is 6.29. The fraction of sp³-hybridized carbons (Fsp3) is 0.533. The Kier molecular flexibility index (Phi) is 4.70. The van der Waals surface area contributed by atoms with Crippen LogP contribution in [0.3, 0.4) is 0 Å². The summed E-state index contributed by atoms with van der Waals surface area (Å²) in [5, 5.41) is 0.735.